The number of carbonyl (C=O) groups is 9. The number of H-pyrrole nitrogens is 1. The molecule has 0 unspecified atom stereocenters. The predicted molar refractivity (Wildman–Crippen MR) is 219 cm³/mol. The van der Waals surface area contributed by atoms with Crippen molar-refractivity contribution in [3.63, 3.8) is 0 Å². The summed E-state index contributed by atoms with van der Waals surface area (Å²) in [6.07, 6.45) is 0.840. The maximum atomic E-state index is 14.3. The lowest BCUT2D eigenvalue weighted by molar-refractivity contribution is -0.148. The van der Waals surface area contributed by atoms with Crippen LogP contribution in [0.1, 0.15) is 65.4 Å². The summed E-state index contributed by atoms with van der Waals surface area (Å²) in [5.74, 6) is -7.59. The van der Waals surface area contributed by atoms with Crippen molar-refractivity contribution in [2.24, 2.45) is 11.8 Å². The second-order valence-corrected chi connectivity index (χ2v) is 16.5. The number of thioether (sulfide) groups is 1. The first kappa shape index (κ1) is 45.4. The number of esters is 1. The van der Waals surface area contributed by atoms with E-state index in [2.05, 4.69) is 42.2 Å². The van der Waals surface area contributed by atoms with Crippen molar-refractivity contribution in [1.29, 1.82) is 0 Å². The summed E-state index contributed by atoms with van der Waals surface area (Å²) >= 11 is 1.12. The Hall–Kier alpha value is -5.66. The molecule has 4 heterocycles. The van der Waals surface area contributed by atoms with Gasteiger partial charge in [-0.15, -0.1) is 11.8 Å². The van der Waals surface area contributed by atoms with E-state index in [0.717, 1.165) is 18.9 Å². The topological polar surface area (TPSA) is 266 Å². The molecule has 1 aromatic heterocycles. The Balaban J connectivity index is 1.66. The Bertz CT molecular complexity index is 1990. The van der Waals surface area contributed by atoms with Crippen molar-refractivity contribution in [2.75, 3.05) is 32.5 Å². The quantitative estimate of drug-likeness (QED) is 0.166. The molecule has 8 amide bonds. The Labute approximate surface area is 351 Å². The van der Waals surface area contributed by atoms with Crippen molar-refractivity contribution in [2.45, 2.75) is 107 Å². The maximum absolute atomic E-state index is 14.3. The molecular weight excluding hydrogens is 799 g/mol. The zero-order valence-corrected chi connectivity index (χ0v) is 35.3. The monoisotopic (exact) mass is 853 g/mol. The van der Waals surface area contributed by atoms with Crippen LogP contribution in [0.15, 0.2) is 29.3 Å². The van der Waals surface area contributed by atoms with Crippen molar-refractivity contribution in [3.05, 3.63) is 29.8 Å². The fraction of sp³-hybridized carbons (Fsp3) is 0.575. The second-order valence-electron chi connectivity index (χ2n) is 15.4. The van der Waals surface area contributed by atoms with Gasteiger partial charge in [0.05, 0.1) is 31.6 Å². The number of amides is 8. The van der Waals surface area contributed by atoms with Crippen LogP contribution in [0.4, 0.5) is 0 Å². The minimum atomic E-state index is -1.51. The summed E-state index contributed by atoms with van der Waals surface area (Å²) in [6, 6.07) is -0.315. The number of aromatic amines is 1. The number of para-hydroxylation sites is 1. The summed E-state index contributed by atoms with van der Waals surface area (Å²) in [7, 11) is 1.13. The van der Waals surface area contributed by atoms with Gasteiger partial charge in [-0.25, -0.2) is 0 Å². The second kappa shape index (κ2) is 20.5. The van der Waals surface area contributed by atoms with Crippen molar-refractivity contribution >= 4 is 75.9 Å². The lowest BCUT2D eigenvalue weighted by Gasteiger charge is -2.32. The molecule has 3 aliphatic rings. The fourth-order valence-electron chi connectivity index (χ4n) is 7.44. The molecule has 0 aliphatic carbocycles. The molecule has 2 aromatic rings. The molecule has 60 heavy (non-hydrogen) atoms. The van der Waals surface area contributed by atoms with Crippen LogP contribution in [-0.2, 0) is 54.3 Å². The third-order valence-electron chi connectivity index (χ3n) is 11.4. The van der Waals surface area contributed by atoms with E-state index in [4.69, 9.17) is 4.74 Å². The van der Waals surface area contributed by atoms with Gasteiger partial charge in [-0.2, -0.15) is 0 Å². The lowest BCUT2D eigenvalue weighted by Crippen LogP contribution is -2.61. The van der Waals surface area contributed by atoms with Gasteiger partial charge in [0, 0.05) is 29.6 Å². The Kier molecular flexibility index (Phi) is 15.6. The van der Waals surface area contributed by atoms with Gasteiger partial charge in [0.1, 0.15) is 36.3 Å². The third-order valence-corrected chi connectivity index (χ3v) is 12.5. The van der Waals surface area contributed by atoms with E-state index in [0.29, 0.717) is 40.8 Å². The van der Waals surface area contributed by atoms with E-state index in [-0.39, 0.29) is 25.1 Å². The van der Waals surface area contributed by atoms with Crippen LogP contribution in [0.25, 0.3) is 10.9 Å². The van der Waals surface area contributed by atoms with Crippen LogP contribution < -0.4 is 37.2 Å². The molecule has 326 valence electrons. The van der Waals surface area contributed by atoms with Gasteiger partial charge in [-0.3, -0.25) is 43.2 Å². The minimum absolute atomic E-state index is 0.108. The number of carbonyl (C=O) groups excluding carboxylic acids is 9. The standard InChI is InChI=1S/C40H55N9O10S/c1-6-20(3)32-37(56)42-17-29(50)43-27-19-60-39-23(22-11-8-9-12-24(22)46-39)15-25(34(53)41-18-30(51)47-32)44-38(57)33(21(4)7-2)48-36(55)28-13-10-14-49(28)40(58)26(45-35(27)54)16-31(52)59-5/h8-9,11-12,20-21,25-28,32-33,46H,6-7,10,13-19H2,1-5H3,(H,41,53)(H,42,56)(H,43,50)(H,44,57)(H,45,54)(H,47,51)(H,48,55)/t20-,21-,25-,26-,27-,28-,32-,33-/m0/s1. The number of benzene rings is 1. The average Bonchev–Trinajstić information content (AvgIpc) is 3.87. The number of nitrogens with zero attached hydrogens (tertiary/aromatic N) is 1. The maximum Gasteiger partial charge on any atom is 0.308 e. The molecule has 5 rings (SSSR count). The van der Waals surface area contributed by atoms with Crippen LogP contribution in [-0.4, -0.2) is 132 Å². The van der Waals surface area contributed by atoms with Gasteiger partial charge in [-0.05, 0) is 36.3 Å². The highest BCUT2D eigenvalue weighted by Crippen LogP contribution is 2.32. The number of ether oxygens (including phenoxy) is 1. The molecule has 0 spiro atoms. The van der Waals surface area contributed by atoms with E-state index in [1.807, 2.05) is 19.9 Å². The highest BCUT2D eigenvalue weighted by atomic mass is 32.2. The largest absolute Gasteiger partial charge is 0.469 e. The number of methoxy groups -OCH3 is 1. The summed E-state index contributed by atoms with van der Waals surface area (Å²) in [5, 5.41) is 19.8. The SMILES string of the molecule is CC[C@H](C)[C@@H]1NC(=O)CNC(=O)[C@@H]2Cc3c([nH]c4ccccc34)SC[C@H](NC(=O)CNC1=O)C(=O)N[C@@H](CC(=O)OC)C(=O)N1CCC[C@H]1C(=O)N[C@@H]([C@@H](C)CC)C(=O)N2. The molecule has 19 nitrogen and oxygen atoms in total. The first-order chi connectivity index (χ1) is 28.6. The molecule has 1 fully saturated rings. The van der Waals surface area contributed by atoms with Crippen molar-refractivity contribution in [1.82, 2.24) is 47.1 Å². The number of fused-ring (bicyclic) bond motifs is 5. The van der Waals surface area contributed by atoms with Crippen LogP contribution in [0, 0.1) is 11.8 Å². The number of aromatic nitrogens is 1. The predicted octanol–water partition coefficient (Wildman–Crippen LogP) is -0.868. The van der Waals surface area contributed by atoms with Gasteiger partial charge in [0.25, 0.3) is 0 Å². The third kappa shape index (κ3) is 10.9. The van der Waals surface area contributed by atoms with E-state index in [9.17, 15) is 43.2 Å². The van der Waals surface area contributed by atoms with Gasteiger partial charge in [0.15, 0.2) is 0 Å². The summed E-state index contributed by atoms with van der Waals surface area (Å²) in [6.45, 7) is 6.11. The smallest absolute Gasteiger partial charge is 0.308 e. The average molecular weight is 854 g/mol. The van der Waals surface area contributed by atoms with E-state index < -0.39 is 121 Å². The van der Waals surface area contributed by atoms with Gasteiger partial charge in [0.2, 0.25) is 47.3 Å². The normalized spacial score (nSPS) is 26.5. The van der Waals surface area contributed by atoms with Crippen LogP contribution in [0.2, 0.25) is 0 Å². The molecule has 20 heteroatoms. The lowest BCUT2D eigenvalue weighted by atomic mass is 9.96. The first-order valence-corrected chi connectivity index (χ1v) is 21.3. The Morgan fingerprint density at radius 1 is 0.783 bits per heavy atom. The number of hydrogen-bond donors (Lipinski definition) is 8. The molecule has 0 saturated carbocycles. The van der Waals surface area contributed by atoms with Gasteiger partial charge < -0.3 is 51.8 Å². The molecule has 1 saturated heterocycles. The zero-order valence-electron chi connectivity index (χ0n) is 34.4. The number of hydrogen-bond acceptors (Lipinski definition) is 11. The van der Waals surface area contributed by atoms with Crippen molar-refractivity contribution in [3.8, 4) is 0 Å². The van der Waals surface area contributed by atoms with Gasteiger partial charge >= 0.3 is 5.97 Å². The molecule has 8 atom stereocenters. The van der Waals surface area contributed by atoms with Gasteiger partial charge in [-0.1, -0.05) is 58.7 Å². The molecule has 2 bridgehead atoms. The fourth-order valence-corrected chi connectivity index (χ4v) is 8.56. The minimum Gasteiger partial charge on any atom is -0.469 e. The van der Waals surface area contributed by atoms with Crippen LogP contribution in [0.5, 0.6) is 0 Å². The molecule has 8 N–H and O–H groups in total. The summed E-state index contributed by atoms with van der Waals surface area (Å²) in [5.41, 5.74) is 1.23. The molecule has 3 aliphatic heterocycles. The van der Waals surface area contributed by atoms with E-state index >= 15 is 0 Å². The van der Waals surface area contributed by atoms with Crippen LogP contribution in [0.3, 0.4) is 0 Å². The van der Waals surface area contributed by atoms with Crippen LogP contribution >= 0.6 is 11.8 Å². The van der Waals surface area contributed by atoms with E-state index in [1.54, 1.807) is 32.0 Å². The first-order valence-electron chi connectivity index (χ1n) is 20.3. The Morgan fingerprint density at radius 2 is 1.43 bits per heavy atom. The zero-order chi connectivity index (χ0) is 43.7. The molecule has 0 radical (unpaired) electrons. The molecular formula is C40H55N9O10S. The van der Waals surface area contributed by atoms with Crippen molar-refractivity contribution < 1.29 is 47.9 Å². The summed E-state index contributed by atoms with van der Waals surface area (Å²) < 4.78 is 4.85. The molecule has 1 aromatic carbocycles. The Morgan fingerprint density at radius 3 is 2.12 bits per heavy atom. The number of rotatable bonds is 6. The highest BCUT2D eigenvalue weighted by Gasteiger charge is 2.42. The van der Waals surface area contributed by atoms with E-state index in [1.165, 1.54) is 4.90 Å². The summed E-state index contributed by atoms with van der Waals surface area (Å²) in [4.78, 5) is 128. The number of nitrogens with one attached hydrogen (secondary N) is 8. The highest BCUT2D eigenvalue weighted by molar-refractivity contribution is 7.99.